The van der Waals surface area contributed by atoms with Crippen molar-refractivity contribution in [1.29, 1.82) is 0 Å². The Morgan fingerprint density at radius 3 is 2.77 bits per heavy atom. The van der Waals surface area contributed by atoms with Gasteiger partial charge in [-0.25, -0.2) is 5.43 Å². The highest BCUT2D eigenvalue weighted by Crippen LogP contribution is 2.12. The molecule has 0 aliphatic heterocycles. The number of nitrogens with one attached hydrogen (secondary N) is 1. The zero-order valence-corrected chi connectivity index (χ0v) is 12.6. The van der Waals surface area contributed by atoms with E-state index in [9.17, 15) is 4.79 Å². The Morgan fingerprint density at radius 1 is 1.27 bits per heavy atom. The van der Waals surface area contributed by atoms with E-state index in [0.717, 1.165) is 24.3 Å². The Hall–Kier alpha value is -2.56. The number of unbranched alkanes of at least 4 members (excludes halogenated alkanes) is 2. The van der Waals surface area contributed by atoms with Crippen LogP contribution >= 0.6 is 0 Å². The van der Waals surface area contributed by atoms with Gasteiger partial charge in [-0.1, -0.05) is 19.8 Å². The van der Waals surface area contributed by atoms with Crippen molar-refractivity contribution >= 4 is 12.1 Å². The number of hydrogen-bond donors (Lipinski definition) is 1. The number of hydrogen-bond acceptors (Lipinski definition) is 4. The minimum absolute atomic E-state index is 0.230. The molecule has 0 spiro atoms. The molecule has 0 saturated heterocycles. The van der Waals surface area contributed by atoms with Gasteiger partial charge in [-0.2, -0.15) is 5.10 Å². The molecule has 22 heavy (non-hydrogen) atoms. The van der Waals surface area contributed by atoms with Gasteiger partial charge in [0.25, 0.3) is 0 Å². The first-order valence-corrected chi connectivity index (χ1v) is 7.39. The number of furan rings is 1. The van der Waals surface area contributed by atoms with Gasteiger partial charge in [0.1, 0.15) is 5.75 Å². The molecule has 0 aliphatic carbocycles. The molecule has 0 fully saturated rings. The largest absolute Gasteiger partial charge is 0.494 e. The molecule has 5 heteroatoms. The third-order valence-electron chi connectivity index (χ3n) is 3.02. The van der Waals surface area contributed by atoms with Crippen molar-refractivity contribution in [1.82, 2.24) is 5.43 Å². The molecule has 1 aromatic carbocycles. The molecule has 1 heterocycles. The lowest BCUT2D eigenvalue weighted by Crippen LogP contribution is -2.16. The van der Waals surface area contributed by atoms with Crippen molar-refractivity contribution < 1.29 is 13.9 Å². The first kappa shape index (κ1) is 15.8. The van der Waals surface area contributed by atoms with Crippen molar-refractivity contribution in [2.45, 2.75) is 26.2 Å². The molecule has 0 aliphatic rings. The monoisotopic (exact) mass is 300 g/mol. The minimum atomic E-state index is -0.378. The Labute approximate surface area is 130 Å². The van der Waals surface area contributed by atoms with E-state index in [0.29, 0.717) is 0 Å². The molecule has 1 aromatic heterocycles. The molecule has 0 unspecified atom stereocenters. The van der Waals surface area contributed by atoms with E-state index in [1.165, 1.54) is 19.1 Å². The predicted molar refractivity (Wildman–Crippen MR) is 85.2 cm³/mol. The molecule has 0 radical (unpaired) electrons. The second-order valence-electron chi connectivity index (χ2n) is 4.80. The fourth-order valence-corrected chi connectivity index (χ4v) is 1.82. The maximum absolute atomic E-state index is 11.6. The summed E-state index contributed by atoms with van der Waals surface area (Å²) in [6.45, 7) is 2.90. The van der Waals surface area contributed by atoms with Gasteiger partial charge < -0.3 is 9.15 Å². The molecular formula is C17H20N2O3. The van der Waals surface area contributed by atoms with Crippen LogP contribution in [0.1, 0.15) is 42.3 Å². The third-order valence-corrected chi connectivity index (χ3v) is 3.02. The van der Waals surface area contributed by atoms with Crippen molar-refractivity contribution in [3.05, 3.63) is 54.0 Å². The molecule has 0 saturated carbocycles. The van der Waals surface area contributed by atoms with Crippen LogP contribution in [-0.4, -0.2) is 18.7 Å². The van der Waals surface area contributed by atoms with Gasteiger partial charge >= 0.3 is 5.91 Å². The average molecular weight is 300 g/mol. The number of benzene rings is 1. The fraction of sp³-hybridized carbons (Fsp3) is 0.294. The number of carbonyl (C=O) groups is 1. The summed E-state index contributed by atoms with van der Waals surface area (Å²) in [4.78, 5) is 11.6. The summed E-state index contributed by atoms with van der Waals surface area (Å²) in [5, 5.41) is 3.89. The number of nitrogens with zero attached hydrogens (tertiary/aromatic N) is 1. The van der Waals surface area contributed by atoms with Crippen molar-refractivity contribution in [2.24, 2.45) is 5.10 Å². The lowest BCUT2D eigenvalue weighted by atomic mass is 10.2. The Balaban J connectivity index is 1.78. The number of carbonyl (C=O) groups excluding carboxylic acids is 1. The zero-order valence-electron chi connectivity index (χ0n) is 12.6. The van der Waals surface area contributed by atoms with Crippen LogP contribution in [0.5, 0.6) is 5.75 Å². The molecule has 2 aromatic rings. The van der Waals surface area contributed by atoms with Crippen LogP contribution in [0, 0.1) is 0 Å². The highest BCUT2D eigenvalue weighted by atomic mass is 16.5. The second kappa shape index (κ2) is 8.67. The lowest BCUT2D eigenvalue weighted by molar-refractivity contribution is 0.0927. The summed E-state index contributed by atoms with van der Waals surface area (Å²) in [6, 6.07) is 10.8. The fourth-order valence-electron chi connectivity index (χ4n) is 1.82. The molecule has 1 amide bonds. The quantitative estimate of drug-likeness (QED) is 0.460. The van der Waals surface area contributed by atoms with Crippen LogP contribution in [-0.2, 0) is 0 Å². The van der Waals surface area contributed by atoms with Crippen LogP contribution in [0.3, 0.4) is 0 Å². The number of amides is 1. The Bertz CT molecular complexity index is 589. The number of ether oxygens (including phenoxy) is 1. The van der Waals surface area contributed by atoms with E-state index in [4.69, 9.17) is 9.15 Å². The van der Waals surface area contributed by atoms with Crippen molar-refractivity contribution in [3.8, 4) is 5.75 Å². The van der Waals surface area contributed by atoms with Crippen LogP contribution in [0.4, 0.5) is 0 Å². The van der Waals surface area contributed by atoms with Crippen LogP contribution < -0.4 is 10.2 Å². The van der Waals surface area contributed by atoms with Crippen LogP contribution in [0.15, 0.2) is 52.2 Å². The highest BCUT2D eigenvalue weighted by Gasteiger charge is 2.05. The van der Waals surface area contributed by atoms with Gasteiger partial charge in [-0.15, -0.1) is 0 Å². The van der Waals surface area contributed by atoms with E-state index in [1.54, 1.807) is 18.3 Å². The van der Waals surface area contributed by atoms with Crippen molar-refractivity contribution in [2.75, 3.05) is 6.61 Å². The molecule has 1 N–H and O–H groups in total. The first-order chi connectivity index (χ1) is 10.8. The molecule has 116 valence electrons. The van der Waals surface area contributed by atoms with Crippen LogP contribution in [0.2, 0.25) is 0 Å². The van der Waals surface area contributed by atoms with E-state index >= 15 is 0 Å². The average Bonchev–Trinajstić information content (AvgIpc) is 3.07. The normalized spacial score (nSPS) is 10.8. The lowest BCUT2D eigenvalue weighted by Gasteiger charge is -2.05. The van der Waals surface area contributed by atoms with Gasteiger partial charge in [0.05, 0.1) is 19.1 Å². The van der Waals surface area contributed by atoms with Gasteiger partial charge in [-0.05, 0) is 48.4 Å². The van der Waals surface area contributed by atoms with E-state index in [-0.39, 0.29) is 11.7 Å². The van der Waals surface area contributed by atoms with Gasteiger partial charge in [0, 0.05) is 0 Å². The third kappa shape index (κ3) is 5.09. The SMILES string of the molecule is CCCCCOc1ccc(/C=N/NC(=O)c2ccco2)cc1. The van der Waals surface area contributed by atoms with Crippen LogP contribution in [0.25, 0.3) is 0 Å². The summed E-state index contributed by atoms with van der Waals surface area (Å²) in [7, 11) is 0. The Kier molecular flexibility index (Phi) is 6.23. The second-order valence-corrected chi connectivity index (χ2v) is 4.80. The smallest absolute Gasteiger partial charge is 0.307 e. The summed E-state index contributed by atoms with van der Waals surface area (Å²) >= 11 is 0. The molecular weight excluding hydrogens is 280 g/mol. The first-order valence-electron chi connectivity index (χ1n) is 7.39. The molecule has 2 rings (SSSR count). The summed E-state index contributed by atoms with van der Waals surface area (Å²) in [5.41, 5.74) is 3.28. The maximum Gasteiger partial charge on any atom is 0.307 e. The van der Waals surface area contributed by atoms with Gasteiger partial charge in [-0.3, -0.25) is 4.79 Å². The zero-order chi connectivity index (χ0) is 15.6. The highest BCUT2D eigenvalue weighted by molar-refractivity contribution is 5.92. The van der Waals surface area contributed by atoms with E-state index in [1.807, 2.05) is 24.3 Å². The van der Waals surface area contributed by atoms with Gasteiger partial charge in [0.2, 0.25) is 0 Å². The minimum Gasteiger partial charge on any atom is -0.494 e. The topological polar surface area (TPSA) is 63.8 Å². The van der Waals surface area contributed by atoms with Crippen molar-refractivity contribution in [3.63, 3.8) is 0 Å². The van der Waals surface area contributed by atoms with E-state index < -0.39 is 0 Å². The Morgan fingerprint density at radius 2 is 2.09 bits per heavy atom. The van der Waals surface area contributed by atoms with Gasteiger partial charge in [0.15, 0.2) is 5.76 Å². The summed E-state index contributed by atoms with van der Waals surface area (Å²) in [6.07, 6.45) is 6.45. The van der Waals surface area contributed by atoms with E-state index in [2.05, 4.69) is 17.5 Å². The summed E-state index contributed by atoms with van der Waals surface area (Å²) < 4.78 is 10.6. The summed E-state index contributed by atoms with van der Waals surface area (Å²) in [5.74, 6) is 0.693. The maximum atomic E-state index is 11.6. The molecule has 5 nitrogen and oxygen atoms in total. The number of hydrazone groups is 1. The standard InChI is InChI=1S/C17H20N2O3/c1-2-3-4-11-21-15-9-7-14(8-10-15)13-18-19-17(20)16-6-5-12-22-16/h5-10,12-13H,2-4,11H2,1H3,(H,19,20)/b18-13+. The molecule has 0 bridgehead atoms. The predicted octanol–water partition coefficient (Wildman–Crippen LogP) is 3.61. The molecule has 0 atom stereocenters. The number of rotatable bonds is 8.